The highest BCUT2D eigenvalue weighted by molar-refractivity contribution is 7.80. The molecule has 0 amide bonds. The average Bonchev–Trinajstić information content (AvgIpc) is 2.45. The minimum atomic E-state index is 0.223. The number of hydrogen-bond donors (Lipinski definition) is 1. The zero-order valence-electron chi connectivity index (χ0n) is 10.5. The van der Waals surface area contributed by atoms with Gasteiger partial charge in [-0.3, -0.25) is 0 Å². The first kappa shape index (κ1) is 13.3. The van der Waals surface area contributed by atoms with Gasteiger partial charge >= 0.3 is 0 Å². The number of nitrogens with zero attached hydrogens (tertiary/aromatic N) is 1. The quantitative estimate of drug-likeness (QED) is 0.848. The molecule has 0 saturated heterocycles. The zero-order valence-corrected chi connectivity index (χ0v) is 11.3. The molecule has 98 valence electrons. The van der Waals surface area contributed by atoms with Gasteiger partial charge in [-0.05, 0) is 29.8 Å². The summed E-state index contributed by atoms with van der Waals surface area (Å²) < 4.78 is 10.9. The molecule has 4 nitrogen and oxygen atoms in total. The van der Waals surface area contributed by atoms with E-state index in [0.717, 1.165) is 11.3 Å². The molecule has 2 aromatic rings. The highest BCUT2D eigenvalue weighted by atomic mass is 32.1. The van der Waals surface area contributed by atoms with Crippen molar-refractivity contribution in [2.24, 2.45) is 5.73 Å². The van der Waals surface area contributed by atoms with Crippen LogP contribution in [0.25, 0.3) is 0 Å². The van der Waals surface area contributed by atoms with Gasteiger partial charge in [-0.1, -0.05) is 24.4 Å². The molecule has 0 aliphatic rings. The third-order valence-corrected chi connectivity index (χ3v) is 2.73. The van der Waals surface area contributed by atoms with E-state index < -0.39 is 0 Å². The first-order chi connectivity index (χ1) is 9.20. The van der Waals surface area contributed by atoms with Crippen LogP contribution in [0, 0.1) is 0 Å². The van der Waals surface area contributed by atoms with Crippen molar-refractivity contribution in [2.75, 3.05) is 7.11 Å². The Morgan fingerprint density at radius 3 is 2.89 bits per heavy atom. The number of aromatic nitrogens is 1. The molecule has 0 saturated carbocycles. The fourth-order valence-corrected chi connectivity index (χ4v) is 1.77. The van der Waals surface area contributed by atoms with Crippen LogP contribution in [0.4, 0.5) is 0 Å². The zero-order chi connectivity index (χ0) is 13.7. The number of nitrogens with two attached hydrogens (primary N) is 1. The first-order valence-corrected chi connectivity index (χ1v) is 6.12. The normalized spacial score (nSPS) is 9.95. The monoisotopic (exact) mass is 274 g/mol. The molecule has 2 rings (SSSR count). The third-order valence-electron chi connectivity index (χ3n) is 2.53. The van der Waals surface area contributed by atoms with E-state index in [4.69, 9.17) is 27.4 Å². The Labute approximate surface area is 117 Å². The minimum absolute atomic E-state index is 0.223. The van der Waals surface area contributed by atoms with Crippen LogP contribution in [0.15, 0.2) is 42.6 Å². The highest BCUT2D eigenvalue weighted by Gasteiger charge is 2.07. The summed E-state index contributed by atoms with van der Waals surface area (Å²) in [6.07, 6.45) is 1.63. The van der Waals surface area contributed by atoms with Gasteiger partial charge in [0.1, 0.15) is 28.8 Å². The van der Waals surface area contributed by atoms with E-state index in [1.165, 1.54) is 0 Å². The van der Waals surface area contributed by atoms with Crippen LogP contribution in [-0.4, -0.2) is 17.1 Å². The summed E-state index contributed by atoms with van der Waals surface area (Å²) in [5.41, 5.74) is 7.10. The van der Waals surface area contributed by atoms with Crippen molar-refractivity contribution in [3.05, 3.63) is 53.9 Å². The Kier molecular flexibility index (Phi) is 4.30. The molecule has 0 aliphatic heterocycles. The van der Waals surface area contributed by atoms with Gasteiger partial charge in [-0.2, -0.15) is 0 Å². The summed E-state index contributed by atoms with van der Waals surface area (Å²) in [7, 11) is 1.63. The van der Waals surface area contributed by atoms with Crippen LogP contribution in [0.1, 0.15) is 11.3 Å². The SMILES string of the molecule is COc1cccc(COc2cccnc2C(N)=S)c1. The lowest BCUT2D eigenvalue weighted by Crippen LogP contribution is -2.13. The van der Waals surface area contributed by atoms with Crippen LogP contribution in [-0.2, 0) is 6.61 Å². The summed E-state index contributed by atoms with van der Waals surface area (Å²) in [6, 6.07) is 11.2. The summed E-state index contributed by atoms with van der Waals surface area (Å²) in [5, 5.41) is 0. The Hall–Kier alpha value is -2.14. The van der Waals surface area contributed by atoms with Gasteiger partial charge in [-0.15, -0.1) is 0 Å². The van der Waals surface area contributed by atoms with Crippen LogP contribution < -0.4 is 15.2 Å². The fourth-order valence-electron chi connectivity index (χ4n) is 1.62. The van der Waals surface area contributed by atoms with E-state index in [1.54, 1.807) is 25.4 Å². The number of methoxy groups -OCH3 is 1. The lowest BCUT2D eigenvalue weighted by molar-refractivity contribution is 0.303. The molecular weight excluding hydrogens is 260 g/mol. The maximum atomic E-state index is 5.70. The molecule has 1 aromatic carbocycles. The molecule has 0 fully saturated rings. The first-order valence-electron chi connectivity index (χ1n) is 5.71. The van der Waals surface area contributed by atoms with Gasteiger partial charge < -0.3 is 15.2 Å². The summed E-state index contributed by atoms with van der Waals surface area (Å²) >= 11 is 4.94. The van der Waals surface area contributed by atoms with Gasteiger partial charge in [0, 0.05) is 6.20 Å². The number of ether oxygens (including phenoxy) is 2. The Bertz CT molecular complexity index is 587. The molecule has 5 heteroatoms. The number of rotatable bonds is 5. The molecule has 1 heterocycles. The standard InChI is InChI=1S/C14H14N2O2S/c1-17-11-5-2-4-10(8-11)9-18-12-6-3-7-16-13(12)14(15)19/h2-8H,9H2,1H3,(H2,15,19). The maximum Gasteiger partial charge on any atom is 0.148 e. The van der Waals surface area contributed by atoms with Gasteiger partial charge in [0.2, 0.25) is 0 Å². The average molecular weight is 274 g/mol. The van der Waals surface area contributed by atoms with E-state index in [1.807, 2.05) is 24.3 Å². The molecule has 1 aromatic heterocycles. The molecule has 0 unspecified atom stereocenters. The van der Waals surface area contributed by atoms with Gasteiger partial charge in [0.05, 0.1) is 7.11 Å². The third kappa shape index (κ3) is 3.42. The van der Waals surface area contributed by atoms with E-state index >= 15 is 0 Å². The van der Waals surface area contributed by atoms with Crippen LogP contribution in [0.5, 0.6) is 11.5 Å². The van der Waals surface area contributed by atoms with E-state index in [9.17, 15) is 0 Å². The Morgan fingerprint density at radius 2 is 2.16 bits per heavy atom. The number of thiocarbonyl (C=S) groups is 1. The molecule has 0 atom stereocenters. The minimum Gasteiger partial charge on any atom is -0.497 e. The van der Waals surface area contributed by atoms with Crippen molar-refractivity contribution < 1.29 is 9.47 Å². The van der Waals surface area contributed by atoms with E-state index in [0.29, 0.717) is 18.1 Å². The smallest absolute Gasteiger partial charge is 0.148 e. The molecule has 0 aliphatic carbocycles. The molecule has 2 N–H and O–H groups in total. The topological polar surface area (TPSA) is 57.4 Å². The predicted molar refractivity (Wildman–Crippen MR) is 77.5 cm³/mol. The second-order valence-electron chi connectivity index (χ2n) is 3.85. The lowest BCUT2D eigenvalue weighted by Gasteiger charge is -2.10. The van der Waals surface area contributed by atoms with Crippen molar-refractivity contribution in [3.8, 4) is 11.5 Å². The van der Waals surface area contributed by atoms with Gasteiger partial charge in [0.25, 0.3) is 0 Å². The highest BCUT2D eigenvalue weighted by Crippen LogP contribution is 2.18. The summed E-state index contributed by atoms with van der Waals surface area (Å²) in [5.74, 6) is 1.37. The van der Waals surface area contributed by atoms with Crippen LogP contribution >= 0.6 is 12.2 Å². The Balaban J connectivity index is 2.12. The van der Waals surface area contributed by atoms with Crippen LogP contribution in [0.2, 0.25) is 0 Å². The lowest BCUT2D eigenvalue weighted by atomic mass is 10.2. The largest absolute Gasteiger partial charge is 0.497 e. The molecule has 19 heavy (non-hydrogen) atoms. The number of hydrogen-bond acceptors (Lipinski definition) is 4. The van der Waals surface area contributed by atoms with Crippen molar-refractivity contribution in [2.45, 2.75) is 6.61 Å². The van der Waals surface area contributed by atoms with Gasteiger partial charge in [0.15, 0.2) is 0 Å². The van der Waals surface area contributed by atoms with Crippen LogP contribution in [0.3, 0.4) is 0 Å². The van der Waals surface area contributed by atoms with Crippen molar-refractivity contribution in [1.82, 2.24) is 4.98 Å². The number of benzene rings is 1. The molecular formula is C14H14N2O2S. The second-order valence-corrected chi connectivity index (χ2v) is 4.29. The van der Waals surface area contributed by atoms with Gasteiger partial charge in [-0.25, -0.2) is 4.98 Å². The second kappa shape index (κ2) is 6.15. The summed E-state index contributed by atoms with van der Waals surface area (Å²) in [6.45, 7) is 0.401. The Morgan fingerprint density at radius 1 is 1.32 bits per heavy atom. The summed E-state index contributed by atoms with van der Waals surface area (Å²) in [4.78, 5) is 4.33. The maximum absolute atomic E-state index is 5.70. The van der Waals surface area contributed by atoms with Crippen molar-refractivity contribution in [1.29, 1.82) is 0 Å². The molecule has 0 radical (unpaired) electrons. The van der Waals surface area contributed by atoms with E-state index in [2.05, 4.69) is 4.98 Å². The number of pyridine rings is 1. The molecule has 0 bridgehead atoms. The van der Waals surface area contributed by atoms with Crippen molar-refractivity contribution >= 4 is 17.2 Å². The molecule has 0 spiro atoms. The fraction of sp³-hybridized carbons (Fsp3) is 0.143. The van der Waals surface area contributed by atoms with Crippen molar-refractivity contribution in [3.63, 3.8) is 0 Å². The van der Waals surface area contributed by atoms with E-state index in [-0.39, 0.29) is 4.99 Å². The predicted octanol–water partition coefficient (Wildman–Crippen LogP) is 2.30.